The van der Waals surface area contributed by atoms with E-state index in [0.717, 1.165) is 4.90 Å². The molecule has 1 aromatic heterocycles. The Kier molecular flexibility index (Phi) is 44.3. The second-order valence-corrected chi connectivity index (χ2v) is 30.9. The first-order valence-corrected chi connectivity index (χ1v) is 39.9. The predicted octanol–water partition coefficient (Wildman–Crippen LogP) is -7.12. The molecule has 29 N–H and O–H groups in total. The number of aromatic hydroxyl groups is 1. The van der Waals surface area contributed by atoms with Gasteiger partial charge in [0.25, 0.3) is 0 Å². The van der Waals surface area contributed by atoms with Gasteiger partial charge in [-0.2, -0.15) is 0 Å². The number of aromatic amines is 1. The second-order valence-electron chi connectivity index (χ2n) is 30.9. The Morgan fingerprint density at radius 1 is 0.521 bits per heavy atom. The van der Waals surface area contributed by atoms with Crippen LogP contribution in [0.3, 0.4) is 0 Å². The number of aliphatic imine (C=N–C) groups is 1. The third-order valence-electron chi connectivity index (χ3n) is 19.3. The highest BCUT2D eigenvalue weighted by Crippen LogP contribution is 2.23. The molecule has 16 amide bonds. The lowest BCUT2D eigenvalue weighted by atomic mass is 9.96. The smallest absolute Gasteiger partial charge is 0.326 e. The molecule has 15 atom stereocenters. The van der Waals surface area contributed by atoms with Crippen molar-refractivity contribution in [1.82, 2.24) is 84.0 Å². The quantitative estimate of drug-likeness (QED) is 0.0166. The number of H-pyrrole nitrogens is 1. The van der Waals surface area contributed by atoms with Crippen molar-refractivity contribution in [3.8, 4) is 5.75 Å². The zero-order chi connectivity index (χ0) is 91.1. The number of hydrogen-bond acceptors (Lipinski definition) is 24. The maximum absolute atomic E-state index is 15.0. The molecule has 121 heavy (non-hydrogen) atoms. The summed E-state index contributed by atoms with van der Waals surface area (Å²) < 4.78 is 0. The van der Waals surface area contributed by atoms with Crippen molar-refractivity contribution in [3.63, 3.8) is 0 Å². The van der Waals surface area contributed by atoms with Crippen LogP contribution in [0.1, 0.15) is 163 Å². The van der Waals surface area contributed by atoms with Crippen LogP contribution in [-0.2, 0) is 99.1 Å². The van der Waals surface area contributed by atoms with Crippen molar-refractivity contribution in [1.29, 1.82) is 0 Å². The fourth-order valence-electron chi connectivity index (χ4n) is 12.5. The number of imidazole rings is 1. The molecule has 0 bridgehead atoms. The van der Waals surface area contributed by atoms with Crippen LogP contribution in [0.25, 0.3) is 0 Å². The van der Waals surface area contributed by atoms with Crippen molar-refractivity contribution in [2.24, 2.45) is 57.3 Å². The Balaban J connectivity index is 1.97. The summed E-state index contributed by atoms with van der Waals surface area (Å²) in [5.41, 5.74) is 27.8. The molecule has 1 aliphatic rings. The number of primary amides is 2. The van der Waals surface area contributed by atoms with Gasteiger partial charge < -0.3 is 133 Å². The number of carbonyl (C=O) groups excluding carboxylic acids is 16. The summed E-state index contributed by atoms with van der Waals surface area (Å²) in [7, 11) is 0. The second kappa shape index (κ2) is 52.0. The average molecular weight is 1710 g/mol. The molecule has 45 nitrogen and oxygen atoms in total. The van der Waals surface area contributed by atoms with Gasteiger partial charge in [0, 0.05) is 57.1 Å². The minimum atomic E-state index is -1.89. The van der Waals surface area contributed by atoms with Crippen molar-refractivity contribution in [3.05, 3.63) is 48.0 Å². The van der Waals surface area contributed by atoms with Crippen molar-refractivity contribution >= 4 is 112 Å². The number of likely N-dealkylation sites (tertiary alicyclic amines) is 1. The normalized spacial score (nSPS) is 15.9. The molecule has 45 heteroatoms. The zero-order valence-electron chi connectivity index (χ0n) is 69.5. The number of hydrogen-bond donors (Lipinski definition) is 24. The van der Waals surface area contributed by atoms with Crippen molar-refractivity contribution < 1.29 is 112 Å². The van der Waals surface area contributed by atoms with Gasteiger partial charge in [0.05, 0.1) is 26.1 Å². The molecule has 2 aromatic rings. The molecular weight excluding hydrogens is 1590 g/mol. The lowest BCUT2D eigenvalue weighted by Crippen LogP contribution is -2.61. The highest BCUT2D eigenvalue weighted by molar-refractivity contribution is 6.01. The highest BCUT2D eigenvalue weighted by Gasteiger charge is 2.42. The summed E-state index contributed by atoms with van der Waals surface area (Å²) in [6.07, 6.45) is -1.43. The standard InChI is InChI=1S/C76H122N22O23/c1-10-40(8)61(73(118)94-51(28-38(4)5)68(113)91-49(75(120)121)20-23-58(79)103)97-62(107)41(9)86-71(116)55(35-100)96-72(117)56-14-12-26-98(56)74(119)54(29-39(6)7)95-69(114)52(30-42-15-17-44(101)18-16-42)92-70(115)53(31-43-32-82-36-85-43)93-66(111)48(21-24-60(105)106)90-65(110)47(19-22-57(78)102)89-64(109)46(13-11-25-83-76(80)81)88-67(112)50(27-37(2)3)87-59(104)33-84-63(108)45(77)34-99/h15-18,32,36-41,45-56,61,99-101H,10-14,19-31,33-35,77H2,1-9H3,(H2,78,102)(H2,79,103)(H,82,85)(H,84,108)(H,86,116)(H,87,104)(H,88,112)(H,89,109)(H,90,110)(H,91,113)(H,92,115)(H,93,111)(H,94,118)(H,95,114)(H,96,117)(H,97,107)(H,105,106)(H,120,121)(H4,80,81,83)/t40-,41-,45-,46-,47-,48-,49-,50-,51-,52-,53-,54-,55-,56-,61-/m0/s1. The van der Waals surface area contributed by atoms with Gasteiger partial charge in [-0.3, -0.25) is 86.5 Å². The maximum Gasteiger partial charge on any atom is 0.326 e. The molecule has 0 unspecified atom stereocenters. The van der Waals surface area contributed by atoms with Crippen LogP contribution < -0.4 is 97.8 Å². The number of phenols is 1. The van der Waals surface area contributed by atoms with Gasteiger partial charge in [-0.05, 0) is 112 Å². The topological polar surface area (TPSA) is 739 Å². The van der Waals surface area contributed by atoms with Crippen LogP contribution in [-0.4, -0.2) is 270 Å². The molecule has 1 aliphatic heterocycles. The van der Waals surface area contributed by atoms with E-state index >= 15 is 4.79 Å². The third-order valence-corrected chi connectivity index (χ3v) is 19.3. The number of amides is 16. The van der Waals surface area contributed by atoms with E-state index in [4.69, 9.17) is 28.7 Å². The summed E-state index contributed by atoms with van der Waals surface area (Å²) >= 11 is 0. The van der Waals surface area contributed by atoms with E-state index in [0.29, 0.717) is 12.0 Å². The third kappa shape index (κ3) is 37.4. The van der Waals surface area contributed by atoms with Gasteiger partial charge in [-0.15, -0.1) is 0 Å². The van der Waals surface area contributed by atoms with E-state index < -0.39 is 249 Å². The molecule has 3 rings (SSSR count). The number of nitrogens with zero attached hydrogens (tertiary/aromatic N) is 3. The summed E-state index contributed by atoms with van der Waals surface area (Å²) in [4.78, 5) is 257. The van der Waals surface area contributed by atoms with Crippen LogP contribution in [0.15, 0.2) is 41.8 Å². The van der Waals surface area contributed by atoms with Crippen molar-refractivity contribution in [2.45, 2.75) is 250 Å². The number of aliphatic hydroxyl groups excluding tert-OH is 2. The fourth-order valence-corrected chi connectivity index (χ4v) is 12.5. The average Bonchev–Trinajstić information content (AvgIpc) is 1.33. The van der Waals surface area contributed by atoms with E-state index in [1.54, 1.807) is 55.4 Å². The van der Waals surface area contributed by atoms with E-state index in [1.807, 2.05) is 0 Å². The van der Waals surface area contributed by atoms with Crippen molar-refractivity contribution in [2.75, 3.05) is 32.8 Å². The minimum Gasteiger partial charge on any atom is -0.508 e. The first-order chi connectivity index (χ1) is 56.9. The number of guanidine groups is 1. The molecule has 0 radical (unpaired) electrons. The number of carboxylic acid groups (broad SMARTS) is 2. The van der Waals surface area contributed by atoms with E-state index in [9.17, 15) is 107 Å². The highest BCUT2D eigenvalue weighted by atomic mass is 16.4. The molecule has 0 saturated carbocycles. The molecular formula is C76H122N22O23. The molecule has 0 aliphatic carbocycles. The van der Waals surface area contributed by atoms with Gasteiger partial charge in [0.1, 0.15) is 90.3 Å². The Hall–Kier alpha value is -12.2. The van der Waals surface area contributed by atoms with Crippen LogP contribution in [0, 0.1) is 23.7 Å². The number of carboxylic acids is 2. The number of aliphatic carboxylic acids is 2. The number of nitrogens with two attached hydrogens (primary N) is 5. The van der Waals surface area contributed by atoms with Crippen LogP contribution in [0.4, 0.5) is 0 Å². The van der Waals surface area contributed by atoms with Gasteiger partial charge in [-0.25, -0.2) is 9.78 Å². The number of phenolic OH excluding ortho intramolecular Hbond substituents is 1. The zero-order valence-corrected chi connectivity index (χ0v) is 69.5. The van der Waals surface area contributed by atoms with Gasteiger partial charge in [0.15, 0.2) is 5.96 Å². The summed E-state index contributed by atoms with van der Waals surface area (Å²) in [6.45, 7) is 12.3. The van der Waals surface area contributed by atoms with Gasteiger partial charge in [-0.1, -0.05) is 73.9 Å². The lowest BCUT2D eigenvalue weighted by molar-refractivity contribution is -0.143. The molecule has 674 valence electrons. The van der Waals surface area contributed by atoms with E-state index in [2.05, 4.69) is 84.1 Å². The largest absolute Gasteiger partial charge is 0.508 e. The lowest BCUT2D eigenvalue weighted by Gasteiger charge is -2.31. The number of carbonyl (C=O) groups is 18. The Morgan fingerprint density at radius 2 is 0.983 bits per heavy atom. The molecule has 1 fully saturated rings. The number of benzene rings is 1. The minimum absolute atomic E-state index is 0.00433. The summed E-state index contributed by atoms with van der Waals surface area (Å²) in [6, 6.07) is -16.1. The Morgan fingerprint density at radius 3 is 1.47 bits per heavy atom. The predicted molar refractivity (Wildman–Crippen MR) is 432 cm³/mol. The summed E-state index contributed by atoms with van der Waals surface area (Å²) in [5, 5.41) is 81.9. The molecule has 1 aromatic carbocycles. The number of aromatic nitrogens is 2. The van der Waals surface area contributed by atoms with Crippen LogP contribution in [0.2, 0.25) is 0 Å². The SMILES string of the molecule is CC[C@H](C)[C@H](NC(=O)[C@H](C)NC(=O)[C@H](CO)NC(=O)[C@@H]1CCCN1C(=O)[C@H](CC(C)C)NC(=O)[C@H](Cc1ccc(O)cc1)NC(=O)[C@H](Cc1cnc[nH]1)NC(=O)[C@H](CCC(=O)O)NC(=O)[C@H](CCC(N)=O)NC(=O)[C@H](CCCN=C(N)N)NC(=O)[C@H](CC(C)C)NC(=O)CNC(=O)[C@@H](N)CO)C(=O)N[C@@H](CC(C)C)C(=O)N[C@@H](CCC(N)=O)C(=O)O. The fraction of sp³-hybridized carbons (Fsp3) is 0.632. The molecule has 0 spiro atoms. The molecule has 2 heterocycles. The maximum atomic E-state index is 15.0. The first-order valence-electron chi connectivity index (χ1n) is 39.9. The van der Waals surface area contributed by atoms with Crippen LogP contribution >= 0.6 is 0 Å². The van der Waals surface area contributed by atoms with E-state index in [1.165, 1.54) is 43.7 Å². The first kappa shape index (κ1) is 103. The Labute approximate surface area is 699 Å². The van der Waals surface area contributed by atoms with E-state index in [-0.39, 0.29) is 112 Å². The summed E-state index contributed by atoms with van der Waals surface area (Å²) in [5.74, 6) is -20.4. The monoisotopic (exact) mass is 1710 g/mol. The van der Waals surface area contributed by atoms with Crippen LogP contribution in [0.5, 0.6) is 5.75 Å². The van der Waals surface area contributed by atoms with Gasteiger partial charge in [0.2, 0.25) is 94.5 Å². The Bertz CT molecular complexity index is 3900. The number of aliphatic hydroxyl groups is 2. The molecule has 1 saturated heterocycles. The van der Waals surface area contributed by atoms with Gasteiger partial charge >= 0.3 is 11.9 Å². The number of rotatable bonds is 55. The number of nitrogens with one attached hydrogen (secondary N) is 14.